The van der Waals surface area contributed by atoms with Crippen molar-refractivity contribution in [3.8, 4) is 0 Å². The highest BCUT2D eigenvalue weighted by Gasteiger charge is 2.44. The van der Waals surface area contributed by atoms with E-state index in [1.165, 1.54) is 45.4 Å². The minimum absolute atomic E-state index is 0.320. The van der Waals surface area contributed by atoms with E-state index in [2.05, 4.69) is 9.80 Å². The predicted molar refractivity (Wildman–Crippen MR) is 59.7 cm³/mol. The predicted octanol–water partition coefficient (Wildman–Crippen LogP) is 0.395. The Kier molecular flexibility index (Phi) is 2.71. The molecule has 4 aliphatic rings. The maximum absolute atomic E-state index is 8.99. The molecule has 0 radical (unpaired) electrons. The van der Waals surface area contributed by atoms with Gasteiger partial charge in [0.05, 0.1) is 6.61 Å². The van der Waals surface area contributed by atoms with E-state index in [1.807, 2.05) is 0 Å². The molecule has 3 heteroatoms. The van der Waals surface area contributed by atoms with E-state index >= 15 is 0 Å². The molecular formula is C12H22N2O. The first-order chi connectivity index (χ1) is 7.38. The van der Waals surface area contributed by atoms with Crippen LogP contribution in [0.5, 0.6) is 0 Å². The molecule has 4 rings (SSSR count). The first-order valence-electron chi connectivity index (χ1n) is 6.46. The smallest absolute Gasteiger partial charge is 0.0558 e. The number of hydrogen-bond donors (Lipinski definition) is 1. The molecule has 3 nitrogen and oxygen atoms in total. The highest BCUT2D eigenvalue weighted by molar-refractivity contribution is 4.98. The molecule has 15 heavy (non-hydrogen) atoms. The van der Waals surface area contributed by atoms with Gasteiger partial charge in [-0.1, -0.05) is 0 Å². The minimum atomic E-state index is 0.320. The molecule has 0 aromatic carbocycles. The quantitative estimate of drug-likeness (QED) is 0.714. The van der Waals surface area contributed by atoms with Crippen LogP contribution >= 0.6 is 0 Å². The van der Waals surface area contributed by atoms with Crippen molar-refractivity contribution in [1.82, 2.24) is 9.80 Å². The van der Waals surface area contributed by atoms with Crippen molar-refractivity contribution >= 4 is 0 Å². The zero-order valence-corrected chi connectivity index (χ0v) is 9.44. The highest BCUT2D eigenvalue weighted by Crippen LogP contribution is 2.41. The second-order valence-corrected chi connectivity index (χ2v) is 5.42. The van der Waals surface area contributed by atoms with Crippen LogP contribution in [0.4, 0.5) is 0 Å². The molecule has 86 valence electrons. The van der Waals surface area contributed by atoms with Crippen LogP contribution in [0.2, 0.25) is 0 Å². The number of fused-ring (bicyclic) bond motifs is 2. The molecule has 0 spiro atoms. The number of aliphatic hydroxyl groups is 1. The molecule has 0 amide bonds. The lowest BCUT2D eigenvalue weighted by atomic mass is 9.70. The standard InChI is InChI=1S/C12H22N2O/c15-8-7-13-4-3-11-10-1-5-14(6-2-10)12(11)9-13/h10-12,15H,1-9H2. The van der Waals surface area contributed by atoms with E-state index in [9.17, 15) is 0 Å². The molecule has 0 aliphatic carbocycles. The fourth-order valence-electron chi connectivity index (χ4n) is 3.98. The van der Waals surface area contributed by atoms with Crippen molar-refractivity contribution < 1.29 is 5.11 Å². The monoisotopic (exact) mass is 210 g/mol. The van der Waals surface area contributed by atoms with Gasteiger partial charge >= 0.3 is 0 Å². The molecule has 2 unspecified atom stereocenters. The van der Waals surface area contributed by atoms with Crippen molar-refractivity contribution in [2.24, 2.45) is 11.8 Å². The summed E-state index contributed by atoms with van der Waals surface area (Å²) in [6.45, 7) is 6.29. The third-order valence-electron chi connectivity index (χ3n) is 4.78. The van der Waals surface area contributed by atoms with Gasteiger partial charge in [-0.25, -0.2) is 0 Å². The van der Waals surface area contributed by atoms with Crippen LogP contribution in [-0.4, -0.2) is 60.3 Å². The van der Waals surface area contributed by atoms with E-state index in [0.29, 0.717) is 6.61 Å². The third-order valence-corrected chi connectivity index (χ3v) is 4.78. The van der Waals surface area contributed by atoms with Crippen LogP contribution in [0.1, 0.15) is 19.3 Å². The fourth-order valence-corrected chi connectivity index (χ4v) is 3.98. The van der Waals surface area contributed by atoms with Crippen LogP contribution in [0.25, 0.3) is 0 Å². The SMILES string of the molecule is OCCN1CCC2C3CCN(CC3)C2C1. The summed E-state index contributed by atoms with van der Waals surface area (Å²) in [4.78, 5) is 5.15. The zero-order chi connectivity index (χ0) is 10.3. The molecule has 0 aromatic rings. The number of likely N-dealkylation sites (tertiary alicyclic amines) is 1. The van der Waals surface area contributed by atoms with Crippen molar-refractivity contribution in [2.45, 2.75) is 25.3 Å². The molecule has 4 saturated heterocycles. The van der Waals surface area contributed by atoms with E-state index in [1.54, 1.807) is 0 Å². The first kappa shape index (κ1) is 10.1. The van der Waals surface area contributed by atoms with Gasteiger partial charge in [0.25, 0.3) is 0 Å². The average Bonchev–Trinajstić information content (AvgIpc) is 2.31. The van der Waals surface area contributed by atoms with Gasteiger partial charge in [-0.2, -0.15) is 0 Å². The van der Waals surface area contributed by atoms with Gasteiger partial charge in [0.15, 0.2) is 0 Å². The van der Waals surface area contributed by atoms with E-state index in [-0.39, 0.29) is 0 Å². The molecule has 4 aliphatic heterocycles. The van der Waals surface area contributed by atoms with Crippen LogP contribution < -0.4 is 0 Å². The number of β-amino-alcohol motifs (C(OH)–C–C–N with tert-alkyl or cyclic N) is 1. The minimum Gasteiger partial charge on any atom is -0.395 e. The second kappa shape index (κ2) is 4.04. The zero-order valence-electron chi connectivity index (χ0n) is 9.44. The summed E-state index contributed by atoms with van der Waals surface area (Å²) in [7, 11) is 0. The van der Waals surface area contributed by atoms with Crippen LogP contribution in [0.3, 0.4) is 0 Å². The Morgan fingerprint density at radius 1 is 1.07 bits per heavy atom. The molecular weight excluding hydrogens is 188 g/mol. The van der Waals surface area contributed by atoms with E-state index in [4.69, 9.17) is 5.11 Å². The van der Waals surface area contributed by atoms with Crippen LogP contribution in [0, 0.1) is 11.8 Å². The Hall–Kier alpha value is -0.120. The topological polar surface area (TPSA) is 26.7 Å². The van der Waals surface area contributed by atoms with Gasteiger partial charge in [0, 0.05) is 19.1 Å². The normalized spacial score (nSPS) is 45.4. The second-order valence-electron chi connectivity index (χ2n) is 5.42. The number of rotatable bonds is 2. The lowest BCUT2D eigenvalue weighted by molar-refractivity contribution is -0.0563. The lowest BCUT2D eigenvalue weighted by Crippen LogP contribution is -2.61. The summed E-state index contributed by atoms with van der Waals surface area (Å²) in [5, 5.41) is 8.99. The first-order valence-corrected chi connectivity index (χ1v) is 6.46. The van der Waals surface area contributed by atoms with Crippen molar-refractivity contribution in [3.05, 3.63) is 0 Å². The van der Waals surface area contributed by atoms with Gasteiger partial charge in [-0.05, 0) is 50.7 Å². The molecule has 0 aromatic heterocycles. The number of piperidine rings is 4. The largest absolute Gasteiger partial charge is 0.395 e. The van der Waals surface area contributed by atoms with Crippen molar-refractivity contribution in [1.29, 1.82) is 0 Å². The molecule has 2 bridgehead atoms. The van der Waals surface area contributed by atoms with Gasteiger partial charge in [0.1, 0.15) is 0 Å². The maximum atomic E-state index is 8.99. The van der Waals surface area contributed by atoms with Gasteiger partial charge in [-0.3, -0.25) is 9.80 Å². The Morgan fingerprint density at radius 2 is 1.87 bits per heavy atom. The van der Waals surface area contributed by atoms with Crippen LogP contribution in [0.15, 0.2) is 0 Å². The summed E-state index contributed by atoms with van der Waals surface area (Å²) < 4.78 is 0. The van der Waals surface area contributed by atoms with E-state index in [0.717, 1.165) is 24.4 Å². The van der Waals surface area contributed by atoms with Crippen molar-refractivity contribution in [2.75, 3.05) is 39.3 Å². The average molecular weight is 210 g/mol. The van der Waals surface area contributed by atoms with Gasteiger partial charge < -0.3 is 5.11 Å². The molecule has 1 N–H and O–H groups in total. The van der Waals surface area contributed by atoms with Gasteiger partial charge in [0.2, 0.25) is 0 Å². The summed E-state index contributed by atoms with van der Waals surface area (Å²) in [5.74, 6) is 2.00. The Bertz CT molecular complexity index is 226. The summed E-state index contributed by atoms with van der Waals surface area (Å²) >= 11 is 0. The maximum Gasteiger partial charge on any atom is 0.0558 e. The lowest BCUT2D eigenvalue weighted by Gasteiger charge is -2.55. The fraction of sp³-hybridized carbons (Fsp3) is 1.00. The Labute approximate surface area is 92.1 Å². The summed E-state index contributed by atoms with van der Waals surface area (Å²) in [5.41, 5.74) is 0. The van der Waals surface area contributed by atoms with Crippen LogP contribution in [-0.2, 0) is 0 Å². The number of nitrogens with zero attached hydrogens (tertiary/aromatic N) is 2. The number of aliphatic hydroxyl groups excluding tert-OH is 1. The van der Waals surface area contributed by atoms with E-state index < -0.39 is 0 Å². The molecule has 0 saturated carbocycles. The molecule has 4 fully saturated rings. The Morgan fingerprint density at radius 3 is 2.60 bits per heavy atom. The van der Waals surface area contributed by atoms with Crippen molar-refractivity contribution in [3.63, 3.8) is 0 Å². The summed E-state index contributed by atoms with van der Waals surface area (Å²) in [6, 6.07) is 0.817. The molecule has 4 heterocycles. The Balaban J connectivity index is 1.68. The highest BCUT2D eigenvalue weighted by atomic mass is 16.3. The number of hydrogen-bond acceptors (Lipinski definition) is 3. The van der Waals surface area contributed by atoms with Gasteiger partial charge in [-0.15, -0.1) is 0 Å². The molecule has 2 atom stereocenters. The summed E-state index contributed by atoms with van der Waals surface area (Å²) in [6.07, 6.45) is 4.26. The third kappa shape index (κ3) is 1.71.